The van der Waals surface area contributed by atoms with Gasteiger partial charge in [0, 0.05) is 0 Å². The first-order valence-corrected chi connectivity index (χ1v) is 23.8. The molecule has 0 saturated carbocycles. The predicted octanol–water partition coefficient (Wildman–Crippen LogP) is 9.23. The summed E-state index contributed by atoms with van der Waals surface area (Å²) in [5.74, 6) is 0. The second-order valence-corrected chi connectivity index (χ2v) is 20.3. The van der Waals surface area contributed by atoms with Crippen molar-refractivity contribution in [1.82, 2.24) is 0 Å². The van der Waals surface area contributed by atoms with Gasteiger partial charge in [-0.3, -0.25) is 0 Å². The van der Waals surface area contributed by atoms with Crippen molar-refractivity contribution >= 4 is 18.1 Å². The average Bonchev–Trinajstić information content (AvgIpc) is 3.00. The van der Waals surface area contributed by atoms with Crippen LogP contribution in [0.2, 0.25) is 0 Å². The maximum absolute atomic E-state index is 7.13. The molecule has 45 heavy (non-hydrogen) atoms. The first-order valence-electron chi connectivity index (χ1n) is 18.0. The van der Waals surface area contributed by atoms with E-state index in [0.717, 1.165) is 64.2 Å². The van der Waals surface area contributed by atoms with E-state index in [1.54, 1.807) is 0 Å². The molecule has 0 aliphatic rings. The second kappa shape index (κ2) is 24.8. The van der Waals surface area contributed by atoms with Gasteiger partial charge in [0.05, 0.1) is 0 Å². The summed E-state index contributed by atoms with van der Waals surface area (Å²) in [7, 11) is -7.97. The van der Waals surface area contributed by atoms with Crippen molar-refractivity contribution in [3.8, 4) is 0 Å². The van der Waals surface area contributed by atoms with E-state index in [-0.39, 0.29) is 36.6 Å². The molecular weight excluding hydrogens is 648 g/mol. The van der Waals surface area contributed by atoms with Gasteiger partial charge in [0.2, 0.25) is 0 Å². The van der Waals surface area contributed by atoms with Crippen LogP contribution in [0.1, 0.15) is 161 Å². The topological polar surface area (TPSA) is 92.3 Å². The van der Waals surface area contributed by atoms with Gasteiger partial charge in [-0.15, -0.1) is 0 Å². The summed E-state index contributed by atoms with van der Waals surface area (Å²) in [5, 5.41) is 0. The first-order chi connectivity index (χ1) is 21.3. The Balaban J connectivity index is 7.57. The van der Waals surface area contributed by atoms with Crippen LogP contribution in [0.25, 0.3) is 0 Å². The molecule has 0 radical (unpaired) electrons. The summed E-state index contributed by atoms with van der Waals surface area (Å²) in [6.07, 6.45) is 6.62. The first kappa shape index (κ1) is 45.7. The fourth-order valence-electron chi connectivity index (χ4n) is 3.46. The van der Waals surface area contributed by atoms with Crippen LogP contribution in [0, 0.1) is 0 Å². The van der Waals surface area contributed by atoms with Crippen LogP contribution in [0.4, 0.5) is 0 Å². The normalized spacial score (nSPS) is 19.3. The van der Waals surface area contributed by atoms with Crippen molar-refractivity contribution in [2.75, 3.05) is 13.2 Å². The molecule has 10 nitrogen and oxygen atoms in total. The minimum absolute atomic E-state index is 0.206. The van der Waals surface area contributed by atoms with E-state index in [1.807, 2.05) is 41.5 Å². The Morgan fingerprint density at radius 3 is 0.800 bits per heavy atom. The molecule has 0 spiro atoms. The number of hydrogen-bond donors (Lipinski definition) is 0. The maximum atomic E-state index is 7.13. The Kier molecular flexibility index (Phi) is 25.2. The van der Waals surface area contributed by atoms with Gasteiger partial charge < -0.3 is 0 Å². The van der Waals surface area contributed by atoms with Crippen molar-refractivity contribution in [3.63, 3.8) is 0 Å². The zero-order valence-electron chi connectivity index (χ0n) is 31.5. The van der Waals surface area contributed by atoms with Gasteiger partial charge in [-0.1, -0.05) is 0 Å². The molecule has 272 valence electrons. The molecule has 6 atom stereocenters. The van der Waals surface area contributed by atoms with Crippen LogP contribution in [-0.2, 0) is 57.3 Å². The van der Waals surface area contributed by atoms with Gasteiger partial charge in [0.1, 0.15) is 0 Å². The van der Waals surface area contributed by atoms with Crippen molar-refractivity contribution in [2.24, 2.45) is 0 Å². The van der Waals surface area contributed by atoms with Crippen LogP contribution >= 0.6 is 0 Å². The van der Waals surface area contributed by atoms with E-state index >= 15 is 0 Å². The van der Waals surface area contributed by atoms with E-state index in [0.29, 0.717) is 13.2 Å². The van der Waals surface area contributed by atoms with E-state index in [9.17, 15) is 0 Å². The molecule has 0 heterocycles. The van der Waals surface area contributed by atoms with E-state index < -0.39 is 36.2 Å². The van der Waals surface area contributed by atoms with Gasteiger partial charge in [0.25, 0.3) is 0 Å². The minimum atomic E-state index is -4.98. The van der Waals surface area contributed by atoms with Crippen LogP contribution < -0.4 is 0 Å². The zero-order chi connectivity index (χ0) is 34.5. The fourth-order valence-corrected chi connectivity index (χ4v) is 16.3. The Hall–Kier alpha value is 0.748. The van der Waals surface area contributed by atoms with Gasteiger partial charge in [-0.2, -0.15) is 0 Å². The van der Waals surface area contributed by atoms with Gasteiger partial charge in [-0.05, 0) is 0 Å². The molecule has 0 aliphatic heterocycles. The molecule has 0 bridgehead atoms. The van der Waals surface area contributed by atoms with E-state index in [2.05, 4.69) is 55.4 Å². The molecular formula is C32H72O10Si2Ti. The Morgan fingerprint density at radius 1 is 0.400 bits per heavy atom. The average molecular weight is 721 g/mol. The second-order valence-electron chi connectivity index (χ2n) is 12.1. The Bertz CT molecular complexity index is 605. The molecule has 0 aromatic heterocycles. The molecule has 0 aliphatic carbocycles. The van der Waals surface area contributed by atoms with Crippen LogP contribution in [-0.4, -0.2) is 67.9 Å². The van der Waals surface area contributed by atoms with Crippen molar-refractivity contribution in [1.29, 1.82) is 0 Å². The zero-order valence-corrected chi connectivity index (χ0v) is 35.1. The van der Waals surface area contributed by atoms with E-state index in [1.165, 1.54) is 0 Å². The molecule has 0 saturated heterocycles. The van der Waals surface area contributed by atoms with Gasteiger partial charge in [-0.25, -0.2) is 0 Å². The van der Waals surface area contributed by atoms with Crippen LogP contribution in [0.15, 0.2) is 0 Å². The molecule has 6 unspecified atom stereocenters. The van der Waals surface area contributed by atoms with E-state index in [4.69, 9.17) is 39.2 Å². The number of rotatable bonds is 30. The third kappa shape index (κ3) is 18.4. The molecule has 0 rings (SSSR count). The quantitative estimate of drug-likeness (QED) is 0.0528. The number of hydrogen-bond acceptors (Lipinski definition) is 10. The molecule has 0 amide bonds. The Labute approximate surface area is 285 Å². The SMILES string of the molecule is CCCC[O][Ti]([O]CCCC)([O][Si](OC(C)CC)(OC(C)CC)OC(C)CC)[O][Si](OC(C)CC)(OC(C)CC)OC(C)CC. The van der Waals surface area contributed by atoms with Gasteiger partial charge in [0.15, 0.2) is 0 Å². The summed E-state index contributed by atoms with van der Waals surface area (Å²) in [6, 6.07) is 0. The van der Waals surface area contributed by atoms with Crippen molar-refractivity contribution in [3.05, 3.63) is 0 Å². The third-order valence-corrected chi connectivity index (χ3v) is 19.1. The summed E-state index contributed by atoms with van der Waals surface area (Å²) in [6.45, 7) is 29.3. The molecule has 0 fully saturated rings. The molecule has 13 heteroatoms. The van der Waals surface area contributed by atoms with Crippen molar-refractivity contribution < 1.29 is 57.3 Å². The number of unbranched alkanes of at least 4 members (excludes halogenated alkanes) is 2. The predicted molar refractivity (Wildman–Crippen MR) is 180 cm³/mol. The summed E-state index contributed by atoms with van der Waals surface area (Å²) < 4.78 is 67.9. The summed E-state index contributed by atoms with van der Waals surface area (Å²) in [4.78, 5) is 0. The molecule has 0 aromatic carbocycles. The van der Waals surface area contributed by atoms with Crippen molar-refractivity contribution in [2.45, 2.75) is 198 Å². The molecule has 0 N–H and O–H groups in total. The summed E-state index contributed by atoms with van der Waals surface area (Å²) in [5.41, 5.74) is 0. The van der Waals surface area contributed by atoms with Crippen LogP contribution in [0.5, 0.6) is 0 Å². The standard InChI is InChI=1S/2C12H27O4Si.2C4H9O.Ti/c2*1-7-10(4)14-17(13,15-11(5)8-2)16-12(6)9-3;2*1-2-3-4-5;/h2*10-12H,7-9H2,1-6H3;2*2-4H2,1H3;/q4*-1;+4. The van der Waals surface area contributed by atoms with Gasteiger partial charge >= 0.3 is 286 Å². The Morgan fingerprint density at radius 2 is 0.622 bits per heavy atom. The molecule has 0 aromatic rings. The third-order valence-electron chi connectivity index (χ3n) is 7.58. The monoisotopic (exact) mass is 720 g/mol. The van der Waals surface area contributed by atoms with Crippen LogP contribution in [0.3, 0.4) is 0 Å². The summed E-state index contributed by atoms with van der Waals surface area (Å²) >= 11 is -4.98. The fraction of sp³-hybridized carbons (Fsp3) is 1.00.